The molecule has 0 aliphatic heterocycles. The molecular formula is C12H15N5O. The van der Waals surface area contributed by atoms with Gasteiger partial charge in [-0.05, 0) is 26.0 Å². The van der Waals surface area contributed by atoms with Crippen molar-refractivity contribution >= 4 is 5.91 Å². The van der Waals surface area contributed by atoms with Crippen LogP contribution < -0.4 is 0 Å². The molecule has 0 atom stereocenters. The Kier molecular flexibility index (Phi) is 3.36. The average molecular weight is 245 g/mol. The fraction of sp³-hybridized carbons (Fsp3) is 0.333. The number of pyridine rings is 1. The summed E-state index contributed by atoms with van der Waals surface area (Å²) < 4.78 is 0. The maximum Gasteiger partial charge on any atom is 0.255 e. The van der Waals surface area contributed by atoms with Gasteiger partial charge < -0.3 is 4.90 Å². The summed E-state index contributed by atoms with van der Waals surface area (Å²) in [5.74, 6) is 1.26. The van der Waals surface area contributed by atoms with Crippen molar-refractivity contribution in [1.82, 2.24) is 25.1 Å². The lowest BCUT2D eigenvalue weighted by Crippen LogP contribution is -2.27. The Labute approximate surface area is 105 Å². The lowest BCUT2D eigenvalue weighted by molar-refractivity contribution is 0.0780. The van der Waals surface area contributed by atoms with Crippen molar-refractivity contribution in [3.8, 4) is 0 Å². The number of carbonyl (C=O) groups excluding carboxylic acids is 1. The lowest BCUT2D eigenvalue weighted by Gasteiger charge is -2.16. The van der Waals surface area contributed by atoms with Crippen molar-refractivity contribution in [2.75, 3.05) is 7.05 Å². The van der Waals surface area contributed by atoms with E-state index in [1.807, 2.05) is 13.8 Å². The minimum absolute atomic E-state index is 0.0805. The van der Waals surface area contributed by atoms with Crippen molar-refractivity contribution in [3.05, 3.63) is 41.2 Å². The first kappa shape index (κ1) is 12.2. The highest BCUT2D eigenvalue weighted by Crippen LogP contribution is 2.08. The minimum Gasteiger partial charge on any atom is -0.334 e. The van der Waals surface area contributed by atoms with E-state index in [-0.39, 0.29) is 5.91 Å². The van der Waals surface area contributed by atoms with Crippen LogP contribution in [0, 0.1) is 13.8 Å². The molecule has 0 saturated heterocycles. The Hall–Kier alpha value is -2.24. The largest absolute Gasteiger partial charge is 0.334 e. The van der Waals surface area contributed by atoms with E-state index in [2.05, 4.69) is 20.2 Å². The average Bonchev–Trinajstić information content (AvgIpc) is 2.74. The van der Waals surface area contributed by atoms with Crippen LogP contribution in [-0.2, 0) is 6.54 Å². The number of amides is 1. The summed E-state index contributed by atoms with van der Waals surface area (Å²) in [6.45, 7) is 4.01. The number of nitrogens with one attached hydrogen (secondary N) is 1. The molecule has 2 rings (SSSR count). The first-order chi connectivity index (χ1) is 8.58. The molecule has 6 heteroatoms. The number of hydrogen-bond acceptors (Lipinski definition) is 4. The number of H-pyrrole nitrogens is 1. The molecule has 0 bridgehead atoms. The Bertz CT molecular complexity index is 563. The summed E-state index contributed by atoms with van der Waals surface area (Å²) in [7, 11) is 1.72. The van der Waals surface area contributed by atoms with Crippen LogP contribution in [0.4, 0.5) is 0 Å². The first-order valence-corrected chi connectivity index (χ1v) is 5.63. The van der Waals surface area contributed by atoms with Gasteiger partial charge in [0, 0.05) is 18.9 Å². The molecule has 0 aromatic carbocycles. The van der Waals surface area contributed by atoms with Gasteiger partial charge in [0.1, 0.15) is 5.82 Å². The minimum atomic E-state index is -0.0805. The van der Waals surface area contributed by atoms with Gasteiger partial charge in [0.2, 0.25) is 0 Å². The molecule has 0 aliphatic carbocycles. The third-order valence-corrected chi connectivity index (χ3v) is 2.61. The van der Waals surface area contributed by atoms with Crippen LogP contribution in [0.1, 0.15) is 27.7 Å². The number of aromatic amines is 1. The maximum absolute atomic E-state index is 12.2. The summed E-state index contributed by atoms with van der Waals surface area (Å²) in [5.41, 5.74) is 1.33. The van der Waals surface area contributed by atoms with Gasteiger partial charge in [-0.15, -0.1) is 0 Å². The topological polar surface area (TPSA) is 74.8 Å². The number of rotatable bonds is 3. The van der Waals surface area contributed by atoms with Gasteiger partial charge in [0.25, 0.3) is 5.91 Å². The number of aromatic nitrogens is 4. The van der Waals surface area contributed by atoms with Gasteiger partial charge in [-0.25, -0.2) is 4.98 Å². The second-order valence-corrected chi connectivity index (χ2v) is 4.13. The molecule has 0 spiro atoms. The quantitative estimate of drug-likeness (QED) is 0.878. The second kappa shape index (κ2) is 4.95. The molecule has 6 nitrogen and oxygen atoms in total. The van der Waals surface area contributed by atoms with Crippen molar-refractivity contribution < 1.29 is 4.79 Å². The summed E-state index contributed by atoms with van der Waals surface area (Å²) in [6, 6.07) is 3.52. The molecule has 0 radical (unpaired) electrons. The van der Waals surface area contributed by atoms with Crippen LogP contribution in [0.2, 0.25) is 0 Å². The molecule has 18 heavy (non-hydrogen) atoms. The summed E-state index contributed by atoms with van der Waals surface area (Å²) in [6.07, 6.45) is 1.67. The van der Waals surface area contributed by atoms with E-state index >= 15 is 0 Å². The van der Waals surface area contributed by atoms with E-state index in [0.29, 0.717) is 17.9 Å². The zero-order valence-corrected chi connectivity index (χ0v) is 10.6. The molecule has 1 amide bonds. The number of hydrogen-bond donors (Lipinski definition) is 1. The van der Waals surface area contributed by atoms with Crippen LogP contribution in [-0.4, -0.2) is 38.0 Å². The monoisotopic (exact) mass is 245 g/mol. The van der Waals surface area contributed by atoms with E-state index in [0.717, 1.165) is 11.5 Å². The molecule has 94 valence electrons. The van der Waals surface area contributed by atoms with Crippen molar-refractivity contribution in [3.63, 3.8) is 0 Å². The molecule has 0 aliphatic rings. The van der Waals surface area contributed by atoms with Gasteiger partial charge in [-0.1, -0.05) is 0 Å². The second-order valence-electron chi connectivity index (χ2n) is 4.13. The molecule has 0 unspecified atom stereocenters. The van der Waals surface area contributed by atoms with E-state index < -0.39 is 0 Å². The summed E-state index contributed by atoms with van der Waals surface area (Å²) >= 11 is 0. The summed E-state index contributed by atoms with van der Waals surface area (Å²) in [4.78, 5) is 22.1. The van der Waals surface area contributed by atoms with Crippen LogP contribution in [0.3, 0.4) is 0 Å². The van der Waals surface area contributed by atoms with E-state index in [9.17, 15) is 4.79 Å². The molecule has 2 aromatic rings. The maximum atomic E-state index is 12.2. The standard InChI is InChI=1S/C12H15N5O/c1-8-10(5-4-6-13-8)12(18)17(3)7-11-14-9(2)15-16-11/h4-6H,7H2,1-3H3,(H,14,15,16). The SMILES string of the molecule is Cc1nc(CN(C)C(=O)c2cccnc2C)n[nH]1. The molecule has 1 N–H and O–H groups in total. The van der Waals surface area contributed by atoms with Crippen LogP contribution in [0.25, 0.3) is 0 Å². The third-order valence-electron chi connectivity index (χ3n) is 2.61. The highest BCUT2D eigenvalue weighted by atomic mass is 16.2. The van der Waals surface area contributed by atoms with Gasteiger partial charge in [0.15, 0.2) is 5.82 Å². The zero-order chi connectivity index (χ0) is 13.1. The van der Waals surface area contributed by atoms with Crippen LogP contribution in [0.5, 0.6) is 0 Å². The van der Waals surface area contributed by atoms with Crippen molar-refractivity contribution in [2.45, 2.75) is 20.4 Å². The van der Waals surface area contributed by atoms with E-state index in [1.54, 1.807) is 30.3 Å². The molecule has 2 heterocycles. The zero-order valence-electron chi connectivity index (χ0n) is 10.6. The molecule has 0 fully saturated rings. The molecular weight excluding hydrogens is 230 g/mol. The predicted octanol–water partition coefficient (Wildman–Crippen LogP) is 1.09. The fourth-order valence-electron chi connectivity index (χ4n) is 1.66. The smallest absolute Gasteiger partial charge is 0.255 e. The van der Waals surface area contributed by atoms with Crippen LogP contribution in [0.15, 0.2) is 18.3 Å². The predicted molar refractivity (Wildman–Crippen MR) is 65.9 cm³/mol. The normalized spacial score (nSPS) is 10.4. The van der Waals surface area contributed by atoms with E-state index in [1.165, 1.54) is 0 Å². The number of carbonyl (C=O) groups is 1. The number of aryl methyl sites for hydroxylation is 2. The highest BCUT2D eigenvalue weighted by Gasteiger charge is 2.16. The van der Waals surface area contributed by atoms with Gasteiger partial charge in [-0.2, -0.15) is 5.10 Å². The van der Waals surface area contributed by atoms with Crippen LogP contribution >= 0.6 is 0 Å². The fourth-order valence-corrected chi connectivity index (χ4v) is 1.66. The Morgan fingerprint density at radius 3 is 2.83 bits per heavy atom. The van der Waals surface area contributed by atoms with Gasteiger partial charge in [-0.3, -0.25) is 14.9 Å². The number of nitrogens with zero attached hydrogens (tertiary/aromatic N) is 4. The van der Waals surface area contributed by atoms with Gasteiger partial charge in [0.05, 0.1) is 12.1 Å². The Morgan fingerprint density at radius 2 is 2.22 bits per heavy atom. The van der Waals surface area contributed by atoms with Crippen molar-refractivity contribution in [1.29, 1.82) is 0 Å². The molecule has 0 saturated carbocycles. The highest BCUT2D eigenvalue weighted by molar-refractivity contribution is 5.94. The van der Waals surface area contributed by atoms with Gasteiger partial charge >= 0.3 is 0 Å². The lowest BCUT2D eigenvalue weighted by atomic mass is 10.2. The molecule has 2 aromatic heterocycles. The Morgan fingerprint density at radius 1 is 1.44 bits per heavy atom. The summed E-state index contributed by atoms with van der Waals surface area (Å²) in [5, 5.41) is 6.76. The first-order valence-electron chi connectivity index (χ1n) is 5.63. The third kappa shape index (κ3) is 2.53. The van der Waals surface area contributed by atoms with Crippen molar-refractivity contribution in [2.24, 2.45) is 0 Å². The Balaban J connectivity index is 2.12. The van der Waals surface area contributed by atoms with E-state index in [4.69, 9.17) is 0 Å².